The molecule has 5 heteroatoms. The van der Waals surface area contributed by atoms with Crippen LogP contribution in [0.1, 0.15) is 27.5 Å². The Morgan fingerprint density at radius 1 is 1.12 bits per heavy atom. The first-order valence-electron chi connectivity index (χ1n) is 7.51. The maximum atomic E-state index is 12.8. The molecule has 0 spiro atoms. The number of aromatic amines is 1. The van der Waals surface area contributed by atoms with Gasteiger partial charge in [0.25, 0.3) is 0 Å². The molecule has 1 atom stereocenters. The monoisotopic (exact) mass is 323 g/mol. The molecule has 3 aromatic rings. The highest BCUT2D eigenvalue weighted by Gasteiger charge is 2.33. The average molecular weight is 323 g/mol. The van der Waals surface area contributed by atoms with E-state index in [0.29, 0.717) is 28.0 Å². The third-order valence-electron chi connectivity index (χ3n) is 4.10. The van der Waals surface area contributed by atoms with E-state index < -0.39 is 17.7 Å². The molecule has 0 aliphatic heterocycles. The van der Waals surface area contributed by atoms with Crippen molar-refractivity contribution in [3.8, 4) is 5.75 Å². The van der Waals surface area contributed by atoms with Gasteiger partial charge in [0.1, 0.15) is 11.7 Å². The van der Waals surface area contributed by atoms with Gasteiger partial charge in [0.2, 0.25) is 0 Å². The van der Waals surface area contributed by atoms with Gasteiger partial charge in [-0.3, -0.25) is 9.59 Å². The number of carbonyl (C=O) groups is 2. The summed E-state index contributed by atoms with van der Waals surface area (Å²) in [5.41, 5.74) is 2.29. The average Bonchev–Trinajstić information content (AvgIpc) is 2.91. The molecule has 0 bridgehead atoms. The molecule has 0 fully saturated rings. The van der Waals surface area contributed by atoms with Crippen molar-refractivity contribution >= 4 is 22.7 Å². The van der Waals surface area contributed by atoms with Gasteiger partial charge in [-0.05, 0) is 25.1 Å². The second-order valence-corrected chi connectivity index (χ2v) is 5.58. The number of ether oxygens (including phenoxy) is 1. The lowest BCUT2D eigenvalue weighted by atomic mass is 9.89. The third-order valence-corrected chi connectivity index (χ3v) is 4.10. The number of hydrogen-bond donors (Lipinski definition) is 2. The predicted octanol–water partition coefficient (Wildman–Crippen LogP) is 3.54. The number of ketones is 1. The molecule has 5 nitrogen and oxygen atoms in total. The molecular formula is C19H17NO4. The molecule has 0 aliphatic rings. The summed E-state index contributed by atoms with van der Waals surface area (Å²) in [5.74, 6) is -2.27. The Hall–Kier alpha value is -3.08. The van der Waals surface area contributed by atoms with Gasteiger partial charge in [0.15, 0.2) is 5.78 Å². The van der Waals surface area contributed by atoms with Crippen molar-refractivity contribution < 1.29 is 19.4 Å². The summed E-state index contributed by atoms with van der Waals surface area (Å²) < 4.78 is 5.23. The van der Waals surface area contributed by atoms with Crippen LogP contribution in [0.15, 0.2) is 48.5 Å². The van der Waals surface area contributed by atoms with Crippen LogP contribution in [0.25, 0.3) is 10.9 Å². The van der Waals surface area contributed by atoms with Crippen molar-refractivity contribution in [2.45, 2.75) is 12.8 Å². The number of aliphatic carboxylic acids is 1. The van der Waals surface area contributed by atoms with Crippen LogP contribution >= 0.6 is 0 Å². The first-order chi connectivity index (χ1) is 11.5. The molecule has 1 heterocycles. The summed E-state index contributed by atoms with van der Waals surface area (Å²) in [4.78, 5) is 27.9. The van der Waals surface area contributed by atoms with Crippen molar-refractivity contribution in [1.82, 2.24) is 4.98 Å². The lowest BCUT2D eigenvalue weighted by Crippen LogP contribution is -2.22. The largest absolute Gasteiger partial charge is 0.497 e. The molecule has 24 heavy (non-hydrogen) atoms. The lowest BCUT2D eigenvalue weighted by Gasteiger charge is -2.13. The van der Waals surface area contributed by atoms with Crippen molar-refractivity contribution in [3.05, 3.63) is 65.4 Å². The molecule has 2 aromatic carbocycles. The Kier molecular flexibility index (Phi) is 4.08. The number of nitrogens with one attached hydrogen (secondary N) is 1. The highest BCUT2D eigenvalue weighted by atomic mass is 16.5. The molecular weight excluding hydrogens is 306 g/mol. The van der Waals surface area contributed by atoms with Crippen molar-refractivity contribution in [3.63, 3.8) is 0 Å². The summed E-state index contributed by atoms with van der Waals surface area (Å²) in [7, 11) is 1.55. The third kappa shape index (κ3) is 2.65. The number of methoxy groups -OCH3 is 1. The van der Waals surface area contributed by atoms with E-state index in [1.54, 1.807) is 56.5 Å². The molecule has 0 saturated carbocycles. The minimum Gasteiger partial charge on any atom is -0.497 e. The molecule has 1 aromatic heterocycles. The minimum atomic E-state index is -1.27. The quantitative estimate of drug-likeness (QED) is 0.556. The van der Waals surface area contributed by atoms with Gasteiger partial charge in [-0.15, -0.1) is 0 Å². The molecule has 122 valence electrons. The Balaban J connectivity index is 2.19. The highest BCUT2D eigenvalue weighted by molar-refractivity contribution is 6.14. The van der Waals surface area contributed by atoms with Gasteiger partial charge in [-0.2, -0.15) is 0 Å². The molecule has 1 unspecified atom stereocenters. The zero-order valence-electron chi connectivity index (χ0n) is 13.4. The maximum absolute atomic E-state index is 12.8. The number of aryl methyl sites for hydroxylation is 1. The van der Waals surface area contributed by atoms with Gasteiger partial charge in [0.05, 0.1) is 7.11 Å². The second-order valence-electron chi connectivity index (χ2n) is 5.58. The smallest absolute Gasteiger partial charge is 0.319 e. The van der Waals surface area contributed by atoms with Crippen LogP contribution in [0, 0.1) is 6.92 Å². The van der Waals surface area contributed by atoms with Crippen LogP contribution < -0.4 is 4.74 Å². The fraction of sp³-hybridized carbons (Fsp3) is 0.158. The Bertz CT molecular complexity index is 912. The van der Waals surface area contributed by atoms with E-state index in [1.165, 1.54) is 0 Å². The van der Waals surface area contributed by atoms with E-state index in [9.17, 15) is 14.7 Å². The first kappa shape index (κ1) is 15.8. The number of aromatic nitrogens is 1. The summed E-state index contributed by atoms with van der Waals surface area (Å²) in [6.45, 7) is 1.77. The standard InChI is InChI=1S/C19H17NO4/c1-11-16(14-10-13(24-2)8-9-15(14)20-11)17(19(22)23)18(21)12-6-4-3-5-7-12/h3-10,17,20H,1-2H3,(H,22,23). The van der Waals surface area contributed by atoms with E-state index >= 15 is 0 Å². The van der Waals surface area contributed by atoms with Gasteiger partial charge < -0.3 is 14.8 Å². The number of carboxylic acid groups (broad SMARTS) is 1. The number of carboxylic acids is 1. The zero-order valence-corrected chi connectivity index (χ0v) is 13.4. The minimum absolute atomic E-state index is 0.376. The number of fused-ring (bicyclic) bond motifs is 1. The zero-order chi connectivity index (χ0) is 17.3. The van der Waals surface area contributed by atoms with Crippen LogP contribution in [0.4, 0.5) is 0 Å². The van der Waals surface area contributed by atoms with Crippen LogP contribution in [0.3, 0.4) is 0 Å². The molecule has 0 saturated heterocycles. The van der Waals surface area contributed by atoms with Crippen molar-refractivity contribution in [2.24, 2.45) is 0 Å². The van der Waals surface area contributed by atoms with E-state index in [-0.39, 0.29) is 0 Å². The van der Waals surface area contributed by atoms with Crippen LogP contribution in [0.5, 0.6) is 5.75 Å². The van der Waals surface area contributed by atoms with Crippen LogP contribution in [0.2, 0.25) is 0 Å². The fourth-order valence-corrected chi connectivity index (χ4v) is 2.96. The Morgan fingerprint density at radius 2 is 1.83 bits per heavy atom. The number of carbonyl (C=O) groups excluding carboxylic acids is 1. The molecule has 2 N–H and O–H groups in total. The number of H-pyrrole nitrogens is 1. The normalized spacial score (nSPS) is 12.1. The van der Waals surface area contributed by atoms with E-state index in [0.717, 1.165) is 5.52 Å². The summed E-state index contributed by atoms with van der Waals surface area (Å²) in [6, 6.07) is 13.8. The maximum Gasteiger partial charge on any atom is 0.319 e. The summed E-state index contributed by atoms with van der Waals surface area (Å²) >= 11 is 0. The molecule has 0 amide bonds. The van der Waals surface area contributed by atoms with E-state index in [2.05, 4.69) is 4.98 Å². The van der Waals surface area contributed by atoms with Gasteiger partial charge >= 0.3 is 5.97 Å². The van der Waals surface area contributed by atoms with Gasteiger partial charge in [-0.1, -0.05) is 30.3 Å². The topological polar surface area (TPSA) is 79.4 Å². The Labute approximate surface area is 138 Å². The summed E-state index contributed by atoms with van der Waals surface area (Å²) in [6.07, 6.45) is 0. The van der Waals surface area contributed by atoms with Gasteiger partial charge in [0, 0.05) is 27.7 Å². The highest BCUT2D eigenvalue weighted by Crippen LogP contribution is 2.33. The van der Waals surface area contributed by atoms with Crippen molar-refractivity contribution in [2.75, 3.05) is 7.11 Å². The van der Waals surface area contributed by atoms with E-state index in [4.69, 9.17) is 4.74 Å². The van der Waals surface area contributed by atoms with Gasteiger partial charge in [-0.25, -0.2) is 0 Å². The molecule has 0 aliphatic carbocycles. The molecule has 3 rings (SSSR count). The summed E-state index contributed by atoms with van der Waals surface area (Å²) in [5, 5.41) is 10.4. The number of rotatable bonds is 5. The SMILES string of the molecule is COc1ccc2[nH]c(C)c(C(C(=O)O)C(=O)c3ccccc3)c2c1. The first-order valence-corrected chi connectivity index (χ1v) is 7.51. The van der Waals surface area contributed by atoms with Crippen LogP contribution in [-0.2, 0) is 4.79 Å². The second kappa shape index (κ2) is 6.20. The fourth-order valence-electron chi connectivity index (χ4n) is 2.96. The number of hydrogen-bond acceptors (Lipinski definition) is 3. The number of Topliss-reactive ketones (excluding diaryl/α,β-unsaturated/α-hetero) is 1. The predicted molar refractivity (Wildman–Crippen MR) is 90.7 cm³/mol. The molecule has 0 radical (unpaired) electrons. The Morgan fingerprint density at radius 3 is 2.46 bits per heavy atom. The van der Waals surface area contributed by atoms with Crippen LogP contribution in [-0.4, -0.2) is 29.0 Å². The number of benzene rings is 2. The lowest BCUT2D eigenvalue weighted by molar-refractivity contribution is -0.137. The van der Waals surface area contributed by atoms with E-state index in [1.807, 2.05) is 6.07 Å². The van der Waals surface area contributed by atoms with Crippen molar-refractivity contribution in [1.29, 1.82) is 0 Å².